The number of hydrogen-bond acceptors (Lipinski definition) is 1. The van der Waals surface area contributed by atoms with Crippen LogP contribution in [0.2, 0.25) is 0 Å². The lowest BCUT2D eigenvalue weighted by Crippen LogP contribution is -2.32. The molecule has 0 heterocycles. The van der Waals surface area contributed by atoms with Crippen LogP contribution < -0.4 is 5.32 Å². The second-order valence-electron chi connectivity index (χ2n) is 2.67. The Morgan fingerprint density at radius 1 is 1.21 bits per heavy atom. The minimum absolute atomic E-state index is 0.214. The molecule has 0 amide bonds. The van der Waals surface area contributed by atoms with E-state index in [-0.39, 0.29) is 4.99 Å². The Morgan fingerprint density at radius 3 is 2.29 bits per heavy atom. The number of benzene rings is 1. The first kappa shape index (κ1) is 12.1. The summed E-state index contributed by atoms with van der Waals surface area (Å²) >= 11 is 21.6. The normalized spacial score (nSPS) is 11.1. The molecule has 1 aromatic rings. The van der Waals surface area contributed by atoms with Gasteiger partial charge < -0.3 is 5.32 Å². The molecule has 0 unspecified atom stereocenters. The van der Waals surface area contributed by atoms with E-state index in [1.165, 1.54) is 0 Å². The standard InChI is InChI=1S/C9H8Cl3NS/c10-9(11,12)8(14)13-6-7-4-2-1-3-5-7/h1-5H,6H2,(H,13,14). The summed E-state index contributed by atoms with van der Waals surface area (Å²) in [6, 6.07) is 9.75. The second-order valence-corrected chi connectivity index (χ2v) is 5.36. The van der Waals surface area contributed by atoms with Crippen LogP contribution in [-0.4, -0.2) is 8.78 Å². The Morgan fingerprint density at radius 2 is 1.79 bits per heavy atom. The maximum atomic E-state index is 5.58. The predicted molar refractivity (Wildman–Crippen MR) is 66.2 cm³/mol. The summed E-state index contributed by atoms with van der Waals surface area (Å²) in [6.45, 7) is 0.563. The maximum Gasteiger partial charge on any atom is 0.240 e. The fourth-order valence-corrected chi connectivity index (χ4v) is 1.15. The molecule has 0 atom stereocenters. The van der Waals surface area contributed by atoms with Crippen molar-refractivity contribution in [2.45, 2.75) is 10.3 Å². The first-order valence-electron chi connectivity index (χ1n) is 3.89. The molecular weight excluding hydrogens is 261 g/mol. The van der Waals surface area contributed by atoms with Gasteiger partial charge in [-0.25, -0.2) is 0 Å². The minimum Gasteiger partial charge on any atom is -0.372 e. The topological polar surface area (TPSA) is 12.0 Å². The largest absolute Gasteiger partial charge is 0.372 e. The van der Waals surface area contributed by atoms with E-state index in [9.17, 15) is 0 Å². The third-order valence-electron chi connectivity index (χ3n) is 1.55. The number of alkyl halides is 3. The van der Waals surface area contributed by atoms with E-state index in [2.05, 4.69) is 5.32 Å². The van der Waals surface area contributed by atoms with Crippen molar-refractivity contribution in [3.05, 3.63) is 35.9 Å². The lowest BCUT2D eigenvalue weighted by atomic mass is 10.2. The highest BCUT2D eigenvalue weighted by Gasteiger charge is 2.25. The van der Waals surface area contributed by atoms with E-state index in [0.717, 1.165) is 5.56 Å². The molecule has 14 heavy (non-hydrogen) atoms. The molecule has 0 saturated carbocycles. The summed E-state index contributed by atoms with van der Waals surface area (Å²) in [7, 11) is 0. The van der Waals surface area contributed by atoms with Crippen LogP contribution in [0.1, 0.15) is 5.56 Å². The maximum absolute atomic E-state index is 5.58. The van der Waals surface area contributed by atoms with Gasteiger partial charge in [0, 0.05) is 6.54 Å². The summed E-state index contributed by atoms with van der Waals surface area (Å²) in [5, 5.41) is 2.87. The van der Waals surface area contributed by atoms with Gasteiger partial charge in [0.2, 0.25) is 3.79 Å². The first-order valence-corrected chi connectivity index (χ1v) is 5.43. The van der Waals surface area contributed by atoms with Crippen LogP contribution in [0.5, 0.6) is 0 Å². The van der Waals surface area contributed by atoms with Crippen molar-refractivity contribution < 1.29 is 0 Å². The molecule has 1 nitrogen and oxygen atoms in total. The van der Waals surface area contributed by atoms with Gasteiger partial charge >= 0.3 is 0 Å². The highest BCUT2D eigenvalue weighted by atomic mass is 35.6. The predicted octanol–water partition coefficient (Wildman–Crippen LogP) is 3.47. The molecule has 1 N–H and O–H groups in total. The van der Waals surface area contributed by atoms with Gasteiger partial charge in [-0.05, 0) is 5.56 Å². The number of thiocarbonyl (C=S) groups is 1. The van der Waals surface area contributed by atoms with Crippen molar-refractivity contribution in [3.63, 3.8) is 0 Å². The Hall–Kier alpha value is -0.0200. The molecule has 0 fully saturated rings. The number of nitrogens with one attached hydrogen (secondary N) is 1. The average molecular weight is 269 g/mol. The second kappa shape index (κ2) is 5.17. The minimum atomic E-state index is -1.52. The molecule has 1 aromatic carbocycles. The molecule has 0 aliphatic carbocycles. The number of rotatable bonds is 2. The van der Waals surface area contributed by atoms with Crippen LogP contribution in [0.25, 0.3) is 0 Å². The molecule has 0 bridgehead atoms. The molecule has 0 spiro atoms. The summed E-state index contributed by atoms with van der Waals surface area (Å²) < 4.78 is -1.52. The third kappa shape index (κ3) is 4.01. The first-order chi connectivity index (χ1) is 6.50. The average Bonchev–Trinajstić information content (AvgIpc) is 2.14. The van der Waals surface area contributed by atoms with Gasteiger partial charge in [0.1, 0.15) is 4.99 Å². The van der Waals surface area contributed by atoms with Gasteiger partial charge in [-0.1, -0.05) is 77.4 Å². The fourth-order valence-electron chi connectivity index (χ4n) is 0.878. The summed E-state index contributed by atoms with van der Waals surface area (Å²) in [6.07, 6.45) is 0. The zero-order chi connectivity index (χ0) is 10.6. The third-order valence-corrected chi connectivity index (χ3v) is 2.91. The van der Waals surface area contributed by atoms with Gasteiger partial charge in [0.05, 0.1) is 0 Å². The molecule has 0 radical (unpaired) electrons. The van der Waals surface area contributed by atoms with Gasteiger partial charge in [-0.15, -0.1) is 0 Å². The van der Waals surface area contributed by atoms with Gasteiger partial charge in [-0.2, -0.15) is 0 Å². The van der Waals surface area contributed by atoms with Crippen molar-refractivity contribution >= 4 is 52.0 Å². The SMILES string of the molecule is S=C(NCc1ccccc1)C(Cl)(Cl)Cl. The Balaban J connectivity index is 2.46. The number of halogens is 3. The Bertz CT molecular complexity index is 308. The van der Waals surface area contributed by atoms with E-state index < -0.39 is 3.79 Å². The lowest BCUT2D eigenvalue weighted by molar-refractivity contribution is 0.917. The molecule has 0 aliphatic rings. The zero-order valence-corrected chi connectivity index (χ0v) is 10.2. The van der Waals surface area contributed by atoms with Gasteiger partial charge in [0.25, 0.3) is 0 Å². The van der Waals surface area contributed by atoms with Crippen molar-refractivity contribution in [3.8, 4) is 0 Å². The van der Waals surface area contributed by atoms with Gasteiger partial charge in [-0.3, -0.25) is 0 Å². The van der Waals surface area contributed by atoms with E-state index in [1.54, 1.807) is 0 Å². The molecule has 5 heteroatoms. The number of hydrogen-bond donors (Lipinski definition) is 1. The molecule has 0 aliphatic heterocycles. The van der Waals surface area contributed by atoms with Crippen LogP contribution >= 0.6 is 47.0 Å². The fraction of sp³-hybridized carbons (Fsp3) is 0.222. The van der Waals surface area contributed by atoms with E-state index in [1.807, 2.05) is 30.3 Å². The van der Waals surface area contributed by atoms with E-state index in [0.29, 0.717) is 6.54 Å². The lowest BCUT2D eigenvalue weighted by Gasteiger charge is -2.14. The summed E-state index contributed by atoms with van der Waals surface area (Å²) in [4.78, 5) is 0.214. The van der Waals surface area contributed by atoms with Crippen LogP contribution in [-0.2, 0) is 6.54 Å². The van der Waals surface area contributed by atoms with Crippen molar-refractivity contribution in [2.75, 3.05) is 0 Å². The zero-order valence-electron chi connectivity index (χ0n) is 7.14. The van der Waals surface area contributed by atoms with Crippen LogP contribution in [0, 0.1) is 0 Å². The van der Waals surface area contributed by atoms with E-state index >= 15 is 0 Å². The summed E-state index contributed by atoms with van der Waals surface area (Å²) in [5.41, 5.74) is 1.09. The Kier molecular flexibility index (Phi) is 4.45. The monoisotopic (exact) mass is 267 g/mol. The van der Waals surface area contributed by atoms with Crippen LogP contribution in [0.15, 0.2) is 30.3 Å². The molecular formula is C9H8Cl3NS. The molecule has 0 saturated heterocycles. The highest BCUT2D eigenvalue weighted by Crippen LogP contribution is 2.26. The van der Waals surface area contributed by atoms with Crippen molar-refractivity contribution in [2.24, 2.45) is 0 Å². The molecule has 1 rings (SSSR count). The quantitative estimate of drug-likeness (QED) is 0.651. The smallest absolute Gasteiger partial charge is 0.240 e. The summed E-state index contributed by atoms with van der Waals surface area (Å²) in [5.74, 6) is 0. The Labute approximate surface area is 103 Å². The highest BCUT2D eigenvalue weighted by molar-refractivity contribution is 7.81. The van der Waals surface area contributed by atoms with Crippen molar-refractivity contribution in [1.82, 2.24) is 5.32 Å². The van der Waals surface area contributed by atoms with Gasteiger partial charge in [0.15, 0.2) is 0 Å². The van der Waals surface area contributed by atoms with Crippen LogP contribution in [0.4, 0.5) is 0 Å². The van der Waals surface area contributed by atoms with Crippen molar-refractivity contribution in [1.29, 1.82) is 0 Å². The van der Waals surface area contributed by atoms with E-state index in [4.69, 9.17) is 47.0 Å². The molecule has 76 valence electrons. The molecule has 0 aromatic heterocycles. The van der Waals surface area contributed by atoms with Crippen LogP contribution in [0.3, 0.4) is 0 Å².